The molecule has 0 rings (SSSR count). The van der Waals surface area contributed by atoms with Crippen molar-refractivity contribution >= 4 is 5.91 Å². The van der Waals surface area contributed by atoms with E-state index in [4.69, 9.17) is 5.11 Å². The average Bonchev–Trinajstić information content (AvgIpc) is 2.14. The minimum Gasteiger partial charge on any atom is -0.396 e. The Morgan fingerprint density at radius 2 is 2.23 bits per heavy atom. The van der Waals surface area contributed by atoms with Crippen LogP contribution in [0.1, 0.15) is 20.3 Å². The molecule has 0 spiro atoms. The van der Waals surface area contributed by atoms with Crippen LogP contribution in [0.3, 0.4) is 0 Å². The Balaban J connectivity index is 3.45. The van der Waals surface area contributed by atoms with E-state index in [9.17, 15) is 4.79 Å². The van der Waals surface area contributed by atoms with Crippen LogP contribution in [0.2, 0.25) is 0 Å². The summed E-state index contributed by atoms with van der Waals surface area (Å²) in [6.07, 6.45) is 0.625. The number of hydrogen-bond donors (Lipinski definition) is 3. The first-order valence-corrected chi connectivity index (χ1v) is 4.81. The van der Waals surface area contributed by atoms with Crippen LogP contribution in [0, 0.1) is 5.92 Å². The Hall–Kier alpha value is -0.610. The van der Waals surface area contributed by atoms with Gasteiger partial charge in [-0.25, -0.2) is 0 Å². The summed E-state index contributed by atoms with van der Waals surface area (Å²) >= 11 is 0. The van der Waals surface area contributed by atoms with Crippen molar-refractivity contribution in [3.63, 3.8) is 0 Å². The van der Waals surface area contributed by atoms with E-state index < -0.39 is 0 Å². The van der Waals surface area contributed by atoms with Crippen LogP contribution >= 0.6 is 0 Å². The molecular formula is C9H20N2O2. The van der Waals surface area contributed by atoms with E-state index in [2.05, 4.69) is 10.6 Å². The number of carbonyl (C=O) groups excluding carboxylic acids is 1. The molecule has 1 atom stereocenters. The predicted octanol–water partition coefficient (Wildman–Crippen LogP) is -0.269. The molecule has 0 bridgehead atoms. The van der Waals surface area contributed by atoms with Gasteiger partial charge in [0, 0.05) is 25.6 Å². The van der Waals surface area contributed by atoms with Gasteiger partial charge in [0.2, 0.25) is 5.91 Å². The van der Waals surface area contributed by atoms with Crippen LogP contribution in [-0.2, 0) is 4.79 Å². The first-order valence-electron chi connectivity index (χ1n) is 4.81. The number of aliphatic hydroxyl groups excluding tert-OH is 1. The third-order valence-electron chi connectivity index (χ3n) is 1.78. The number of nitrogens with one attached hydrogen (secondary N) is 2. The zero-order valence-electron chi connectivity index (χ0n) is 8.47. The molecule has 0 aliphatic carbocycles. The molecule has 3 N–H and O–H groups in total. The van der Waals surface area contributed by atoms with Crippen LogP contribution in [0.25, 0.3) is 0 Å². The molecule has 0 saturated carbocycles. The molecule has 0 aromatic heterocycles. The van der Waals surface area contributed by atoms with Crippen molar-refractivity contribution in [2.24, 2.45) is 5.92 Å². The van der Waals surface area contributed by atoms with Crippen LogP contribution in [-0.4, -0.2) is 37.3 Å². The minimum atomic E-state index is -0.00126. The molecule has 0 radical (unpaired) electrons. The molecule has 0 heterocycles. The fraction of sp³-hybridized carbons (Fsp3) is 0.889. The van der Waals surface area contributed by atoms with Gasteiger partial charge in [-0.15, -0.1) is 0 Å². The molecule has 0 aliphatic heterocycles. The lowest BCUT2D eigenvalue weighted by Gasteiger charge is -2.11. The number of aliphatic hydroxyl groups is 1. The summed E-state index contributed by atoms with van der Waals surface area (Å²) in [4.78, 5) is 11.3. The van der Waals surface area contributed by atoms with Crippen molar-refractivity contribution in [1.82, 2.24) is 10.6 Å². The van der Waals surface area contributed by atoms with Gasteiger partial charge in [0.25, 0.3) is 0 Å². The summed E-state index contributed by atoms with van der Waals surface area (Å²) in [7, 11) is 0. The Kier molecular flexibility index (Phi) is 7.63. The normalized spacial score (nSPS) is 12.5. The first kappa shape index (κ1) is 12.4. The van der Waals surface area contributed by atoms with Crippen molar-refractivity contribution in [3.8, 4) is 0 Å². The maximum absolute atomic E-state index is 11.3. The Morgan fingerprint density at radius 3 is 2.77 bits per heavy atom. The van der Waals surface area contributed by atoms with Gasteiger partial charge >= 0.3 is 0 Å². The monoisotopic (exact) mass is 188 g/mol. The van der Waals surface area contributed by atoms with E-state index >= 15 is 0 Å². The summed E-state index contributed by atoms with van der Waals surface area (Å²) in [6, 6.07) is 0. The van der Waals surface area contributed by atoms with E-state index in [-0.39, 0.29) is 18.4 Å². The van der Waals surface area contributed by atoms with Crippen LogP contribution < -0.4 is 10.6 Å². The zero-order valence-corrected chi connectivity index (χ0v) is 8.47. The number of carbonyl (C=O) groups is 1. The molecule has 78 valence electrons. The Labute approximate surface area is 79.7 Å². The highest BCUT2D eigenvalue weighted by molar-refractivity contribution is 5.78. The van der Waals surface area contributed by atoms with E-state index in [1.54, 1.807) is 0 Å². The maximum atomic E-state index is 11.3. The first-order chi connectivity index (χ1) is 6.22. The van der Waals surface area contributed by atoms with Crippen molar-refractivity contribution in [2.45, 2.75) is 20.3 Å². The summed E-state index contributed by atoms with van der Waals surface area (Å²) in [5, 5.41) is 14.4. The topological polar surface area (TPSA) is 61.4 Å². The van der Waals surface area contributed by atoms with Crippen molar-refractivity contribution in [3.05, 3.63) is 0 Å². The smallest absolute Gasteiger partial charge is 0.224 e. The molecule has 1 amide bonds. The number of rotatable bonds is 7. The van der Waals surface area contributed by atoms with E-state index in [0.29, 0.717) is 19.5 Å². The highest BCUT2D eigenvalue weighted by Crippen LogP contribution is 1.91. The van der Waals surface area contributed by atoms with Gasteiger partial charge in [-0.2, -0.15) is 0 Å². The highest BCUT2D eigenvalue weighted by atomic mass is 16.3. The maximum Gasteiger partial charge on any atom is 0.224 e. The average molecular weight is 188 g/mol. The third kappa shape index (κ3) is 6.54. The lowest BCUT2D eigenvalue weighted by atomic mass is 10.1. The lowest BCUT2D eigenvalue weighted by molar-refractivity contribution is -0.124. The standard InChI is InChI=1S/C9H20N2O2/c1-3-10-7-8(2)9(13)11-5-4-6-12/h8,10,12H,3-7H2,1-2H3,(H,11,13). The fourth-order valence-electron chi connectivity index (χ4n) is 0.918. The second-order valence-corrected chi connectivity index (χ2v) is 3.08. The minimum absolute atomic E-state index is 0.00126. The molecule has 4 heteroatoms. The predicted molar refractivity (Wildman–Crippen MR) is 52.4 cm³/mol. The van der Waals surface area contributed by atoms with Crippen LogP contribution in [0.5, 0.6) is 0 Å². The van der Waals surface area contributed by atoms with Crippen molar-refractivity contribution in [1.29, 1.82) is 0 Å². The highest BCUT2D eigenvalue weighted by Gasteiger charge is 2.10. The van der Waals surface area contributed by atoms with Gasteiger partial charge in [0.15, 0.2) is 0 Å². The second-order valence-electron chi connectivity index (χ2n) is 3.08. The molecule has 4 nitrogen and oxygen atoms in total. The molecule has 0 saturated heterocycles. The molecule has 0 aromatic rings. The van der Waals surface area contributed by atoms with Crippen LogP contribution in [0.4, 0.5) is 0 Å². The van der Waals surface area contributed by atoms with Gasteiger partial charge in [-0.05, 0) is 13.0 Å². The summed E-state index contributed by atoms with van der Waals surface area (Å²) < 4.78 is 0. The van der Waals surface area contributed by atoms with E-state index in [1.807, 2.05) is 13.8 Å². The van der Waals surface area contributed by atoms with Crippen molar-refractivity contribution < 1.29 is 9.90 Å². The SMILES string of the molecule is CCNCC(C)C(=O)NCCCO. The van der Waals surface area contributed by atoms with Gasteiger partial charge in [0.05, 0.1) is 0 Å². The molecule has 13 heavy (non-hydrogen) atoms. The summed E-state index contributed by atoms with van der Waals surface area (Å²) in [6.45, 7) is 6.18. The van der Waals surface area contributed by atoms with Gasteiger partial charge in [-0.3, -0.25) is 4.79 Å². The van der Waals surface area contributed by atoms with Gasteiger partial charge in [-0.1, -0.05) is 13.8 Å². The Morgan fingerprint density at radius 1 is 1.54 bits per heavy atom. The van der Waals surface area contributed by atoms with Gasteiger partial charge in [0.1, 0.15) is 0 Å². The molecule has 0 fully saturated rings. The second kappa shape index (κ2) is 8.01. The number of amides is 1. The Bertz CT molecular complexity index is 140. The molecule has 0 aromatic carbocycles. The zero-order chi connectivity index (χ0) is 10.1. The van der Waals surface area contributed by atoms with E-state index in [1.165, 1.54) is 0 Å². The van der Waals surface area contributed by atoms with Gasteiger partial charge < -0.3 is 15.7 Å². The quantitative estimate of drug-likeness (QED) is 0.482. The van der Waals surface area contributed by atoms with Crippen LogP contribution in [0.15, 0.2) is 0 Å². The van der Waals surface area contributed by atoms with E-state index in [0.717, 1.165) is 6.54 Å². The molecule has 0 aliphatic rings. The third-order valence-corrected chi connectivity index (χ3v) is 1.78. The number of hydrogen-bond acceptors (Lipinski definition) is 3. The fourth-order valence-corrected chi connectivity index (χ4v) is 0.918. The summed E-state index contributed by atoms with van der Waals surface area (Å²) in [5.41, 5.74) is 0. The summed E-state index contributed by atoms with van der Waals surface area (Å²) in [5.74, 6) is 0.0491. The largest absolute Gasteiger partial charge is 0.396 e. The van der Waals surface area contributed by atoms with Crippen molar-refractivity contribution in [2.75, 3.05) is 26.2 Å². The lowest BCUT2D eigenvalue weighted by Crippen LogP contribution is -2.35. The molecular weight excluding hydrogens is 168 g/mol. The molecule has 1 unspecified atom stereocenters.